The number of para-hydroxylation sites is 2. The Morgan fingerprint density at radius 1 is 1.15 bits per heavy atom. The molecule has 0 spiro atoms. The predicted octanol–water partition coefficient (Wildman–Crippen LogP) is 3.75. The fraction of sp³-hybridized carbons (Fsp3) is 0.353. The van der Waals surface area contributed by atoms with Crippen molar-refractivity contribution in [2.24, 2.45) is 0 Å². The Bertz CT molecular complexity index is 499. The van der Waals surface area contributed by atoms with Gasteiger partial charge in [0.05, 0.1) is 11.4 Å². The first kappa shape index (κ1) is 14.4. The smallest absolute Gasteiger partial charge is 0.248 e. The third kappa shape index (κ3) is 3.98. The van der Waals surface area contributed by atoms with Gasteiger partial charge in [0, 0.05) is 19.2 Å². The second-order valence-corrected chi connectivity index (χ2v) is 4.94. The molecule has 106 valence electrons. The average molecular weight is 270 g/mol. The van der Waals surface area contributed by atoms with Gasteiger partial charge in [-0.2, -0.15) is 0 Å². The molecule has 1 fully saturated rings. The van der Waals surface area contributed by atoms with Gasteiger partial charge in [0.15, 0.2) is 0 Å². The summed E-state index contributed by atoms with van der Waals surface area (Å²) in [6.45, 7) is 4.07. The average Bonchev–Trinajstić information content (AvgIpc) is 2.49. The molecule has 0 radical (unpaired) electrons. The molecule has 2 rings (SSSR count). The quantitative estimate of drug-likeness (QED) is 0.667. The lowest BCUT2D eigenvalue weighted by molar-refractivity contribution is -0.111. The summed E-state index contributed by atoms with van der Waals surface area (Å²) in [6.07, 6.45) is 10.8. The number of hydrogen-bond donors (Lipinski definition) is 1. The Kier molecular flexibility index (Phi) is 5.42. The number of amides is 1. The van der Waals surface area contributed by atoms with Crippen molar-refractivity contribution in [1.82, 2.24) is 0 Å². The van der Waals surface area contributed by atoms with Crippen molar-refractivity contribution < 1.29 is 4.79 Å². The minimum absolute atomic E-state index is 0.0902. The van der Waals surface area contributed by atoms with E-state index in [1.165, 1.54) is 19.3 Å². The molecular formula is C17H22N2O. The van der Waals surface area contributed by atoms with Crippen LogP contribution in [-0.2, 0) is 4.79 Å². The van der Waals surface area contributed by atoms with E-state index in [-0.39, 0.29) is 5.91 Å². The summed E-state index contributed by atoms with van der Waals surface area (Å²) in [5, 5.41) is 2.97. The SMILES string of the molecule is C/C=C/C=C/C(=O)Nc1ccccc1N1CCCCC1. The lowest BCUT2D eigenvalue weighted by Crippen LogP contribution is -2.30. The summed E-state index contributed by atoms with van der Waals surface area (Å²) in [4.78, 5) is 14.2. The van der Waals surface area contributed by atoms with E-state index in [2.05, 4.69) is 16.3 Å². The first-order valence-corrected chi connectivity index (χ1v) is 7.25. The van der Waals surface area contributed by atoms with Crippen molar-refractivity contribution in [3.8, 4) is 0 Å². The molecule has 0 bridgehead atoms. The number of anilines is 2. The van der Waals surface area contributed by atoms with Crippen LogP contribution >= 0.6 is 0 Å². The number of nitrogens with one attached hydrogen (secondary N) is 1. The van der Waals surface area contributed by atoms with Crippen LogP contribution in [0.1, 0.15) is 26.2 Å². The second-order valence-electron chi connectivity index (χ2n) is 4.94. The molecule has 0 atom stereocenters. The van der Waals surface area contributed by atoms with Gasteiger partial charge in [-0.3, -0.25) is 4.79 Å². The maximum Gasteiger partial charge on any atom is 0.248 e. The summed E-state index contributed by atoms with van der Waals surface area (Å²) >= 11 is 0. The van der Waals surface area contributed by atoms with Crippen LogP contribution in [-0.4, -0.2) is 19.0 Å². The van der Waals surface area contributed by atoms with E-state index in [1.807, 2.05) is 37.3 Å². The summed E-state index contributed by atoms with van der Waals surface area (Å²) in [6, 6.07) is 8.02. The Morgan fingerprint density at radius 3 is 2.65 bits per heavy atom. The van der Waals surface area contributed by atoms with Crippen molar-refractivity contribution in [3.05, 3.63) is 48.6 Å². The minimum atomic E-state index is -0.0902. The van der Waals surface area contributed by atoms with Crippen molar-refractivity contribution in [3.63, 3.8) is 0 Å². The maximum atomic E-state index is 11.9. The zero-order valence-corrected chi connectivity index (χ0v) is 12.0. The van der Waals surface area contributed by atoms with Gasteiger partial charge in [0.2, 0.25) is 5.91 Å². The van der Waals surface area contributed by atoms with Crippen molar-refractivity contribution in [2.45, 2.75) is 26.2 Å². The number of nitrogens with zero attached hydrogens (tertiary/aromatic N) is 1. The van der Waals surface area contributed by atoms with Crippen molar-refractivity contribution >= 4 is 17.3 Å². The molecule has 0 unspecified atom stereocenters. The summed E-state index contributed by atoms with van der Waals surface area (Å²) in [5.41, 5.74) is 2.02. The summed E-state index contributed by atoms with van der Waals surface area (Å²) in [5.74, 6) is -0.0902. The van der Waals surface area contributed by atoms with Crippen LogP contribution in [0.2, 0.25) is 0 Å². The van der Waals surface area contributed by atoms with Gasteiger partial charge in [0.25, 0.3) is 0 Å². The zero-order chi connectivity index (χ0) is 14.2. The van der Waals surface area contributed by atoms with E-state index >= 15 is 0 Å². The lowest BCUT2D eigenvalue weighted by Gasteiger charge is -2.30. The van der Waals surface area contributed by atoms with Gasteiger partial charge in [-0.25, -0.2) is 0 Å². The fourth-order valence-corrected chi connectivity index (χ4v) is 2.42. The van der Waals surface area contributed by atoms with Gasteiger partial charge in [-0.15, -0.1) is 0 Å². The number of hydrogen-bond acceptors (Lipinski definition) is 2. The molecular weight excluding hydrogens is 248 g/mol. The molecule has 0 saturated carbocycles. The fourth-order valence-electron chi connectivity index (χ4n) is 2.42. The van der Waals surface area contributed by atoms with Crippen LogP contribution in [0.3, 0.4) is 0 Å². The number of carbonyl (C=O) groups excluding carboxylic acids is 1. The third-order valence-corrected chi connectivity index (χ3v) is 3.41. The predicted molar refractivity (Wildman–Crippen MR) is 85.1 cm³/mol. The zero-order valence-electron chi connectivity index (χ0n) is 12.0. The van der Waals surface area contributed by atoms with E-state index in [4.69, 9.17) is 0 Å². The Labute approximate surface area is 121 Å². The van der Waals surface area contributed by atoms with E-state index in [9.17, 15) is 4.79 Å². The molecule has 1 saturated heterocycles. The molecule has 0 aromatic heterocycles. The standard InChI is InChI=1S/C17H22N2O/c1-2-3-5-12-17(20)18-15-10-6-7-11-16(15)19-13-8-4-9-14-19/h2-3,5-7,10-12H,4,8-9,13-14H2,1H3,(H,18,20)/b3-2+,12-5+. The van der Waals surface area contributed by atoms with E-state index in [0.29, 0.717) is 0 Å². The first-order chi connectivity index (χ1) is 9.81. The minimum Gasteiger partial charge on any atom is -0.370 e. The molecule has 0 aliphatic carbocycles. The van der Waals surface area contributed by atoms with E-state index in [0.717, 1.165) is 24.5 Å². The van der Waals surface area contributed by atoms with Crippen LogP contribution in [0.25, 0.3) is 0 Å². The maximum absolute atomic E-state index is 11.9. The second kappa shape index (κ2) is 7.53. The number of rotatable bonds is 4. The molecule has 1 aromatic carbocycles. The lowest BCUT2D eigenvalue weighted by atomic mass is 10.1. The Hall–Kier alpha value is -2.03. The highest BCUT2D eigenvalue weighted by Crippen LogP contribution is 2.28. The van der Waals surface area contributed by atoms with E-state index < -0.39 is 0 Å². The highest BCUT2D eigenvalue weighted by molar-refractivity contribution is 6.01. The molecule has 20 heavy (non-hydrogen) atoms. The third-order valence-electron chi connectivity index (χ3n) is 3.41. The van der Waals surface area contributed by atoms with Gasteiger partial charge in [-0.05, 0) is 38.3 Å². The van der Waals surface area contributed by atoms with Crippen LogP contribution in [0.15, 0.2) is 48.6 Å². The van der Waals surface area contributed by atoms with Crippen LogP contribution in [0.5, 0.6) is 0 Å². The molecule has 1 heterocycles. The van der Waals surface area contributed by atoms with Crippen molar-refractivity contribution in [1.29, 1.82) is 0 Å². The first-order valence-electron chi connectivity index (χ1n) is 7.25. The molecule has 1 amide bonds. The molecule has 3 nitrogen and oxygen atoms in total. The number of carbonyl (C=O) groups is 1. The molecule has 1 aliphatic rings. The Balaban J connectivity index is 2.09. The van der Waals surface area contributed by atoms with Gasteiger partial charge < -0.3 is 10.2 Å². The molecule has 1 N–H and O–H groups in total. The van der Waals surface area contributed by atoms with Crippen LogP contribution in [0, 0.1) is 0 Å². The highest BCUT2D eigenvalue weighted by Gasteiger charge is 2.14. The van der Waals surface area contributed by atoms with Crippen molar-refractivity contribution in [2.75, 3.05) is 23.3 Å². The topological polar surface area (TPSA) is 32.3 Å². The largest absolute Gasteiger partial charge is 0.370 e. The van der Waals surface area contributed by atoms with Gasteiger partial charge >= 0.3 is 0 Å². The summed E-state index contributed by atoms with van der Waals surface area (Å²) in [7, 11) is 0. The highest BCUT2D eigenvalue weighted by atomic mass is 16.1. The number of benzene rings is 1. The monoisotopic (exact) mass is 270 g/mol. The number of allylic oxidation sites excluding steroid dienone is 3. The van der Waals surface area contributed by atoms with E-state index in [1.54, 1.807) is 12.2 Å². The molecule has 1 aliphatic heterocycles. The van der Waals surface area contributed by atoms with Gasteiger partial charge in [0.1, 0.15) is 0 Å². The number of piperidine rings is 1. The molecule has 1 aromatic rings. The van der Waals surface area contributed by atoms with Gasteiger partial charge in [-0.1, -0.05) is 30.4 Å². The summed E-state index contributed by atoms with van der Waals surface area (Å²) < 4.78 is 0. The Morgan fingerprint density at radius 2 is 1.90 bits per heavy atom. The van der Waals surface area contributed by atoms with Crippen LogP contribution in [0.4, 0.5) is 11.4 Å². The molecule has 3 heteroatoms. The van der Waals surface area contributed by atoms with Crippen LogP contribution < -0.4 is 10.2 Å². The normalized spacial score (nSPS) is 15.9.